The predicted molar refractivity (Wildman–Crippen MR) is 127 cm³/mol. The molecule has 1 aromatic heterocycles. The molecule has 0 N–H and O–H groups in total. The van der Waals surface area contributed by atoms with Crippen molar-refractivity contribution in [3.63, 3.8) is 0 Å². The first-order chi connectivity index (χ1) is 15.7. The van der Waals surface area contributed by atoms with Crippen molar-refractivity contribution in [1.29, 1.82) is 0 Å². The molecule has 1 unspecified atom stereocenters. The molecule has 0 radical (unpaired) electrons. The fourth-order valence-electron chi connectivity index (χ4n) is 4.91. The zero-order chi connectivity index (χ0) is 23.9. The lowest BCUT2D eigenvalue weighted by atomic mass is 10.0. The molecular formula is C25H30N2O5S. The third-order valence-corrected chi connectivity index (χ3v) is 8.34. The zero-order valence-corrected chi connectivity index (χ0v) is 20.7. The van der Waals surface area contributed by atoms with Crippen LogP contribution in [0, 0.1) is 20.8 Å². The van der Waals surface area contributed by atoms with E-state index in [9.17, 15) is 8.42 Å². The van der Waals surface area contributed by atoms with Gasteiger partial charge >= 0.3 is 0 Å². The third kappa shape index (κ3) is 3.87. The summed E-state index contributed by atoms with van der Waals surface area (Å²) in [4.78, 5) is 0.366. The molecule has 33 heavy (non-hydrogen) atoms. The molecule has 1 atom stereocenters. The van der Waals surface area contributed by atoms with Crippen molar-refractivity contribution in [3.05, 3.63) is 70.5 Å². The molecule has 0 bridgehead atoms. The van der Waals surface area contributed by atoms with Crippen molar-refractivity contribution in [2.24, 2.45) is 0 Å². The maximum atomic E-state index is 14.1. The molecule has 0 fully saturated rings. The van der Waals surface area contributed by atoms with Crippen LogP contribution in [0.1, 0.15) is 34.0 Å². The number of sulfonamides is 1. The van der Waals surface area contributed by atoms with Crippen molar-refractivity contribution in [1.82, 2.24) is 8.87 Å². The largest absolute Gasteiger partial charge is 0.493 e. The fourth-order valence-corrected chi connectivity index (χ4v) is 6.90. The van der Waals surface area contributed by atoms with Crippen molar-refractivity contribution in [3.8, 4) is 17.2 Å². The highest BCUT2D eigenvalue weighted by Crippen LogP contribution is 2.44. The van der Waals surface area contributed by atoms with Crippen molar-refractivity contribution in [2.75, 3.05) is 27.9 Å². The maximum Gasteiger partial charge on any atom is 0.244 e. The zero-order valence-electron chi connectivity index (χ0n) is 19.9. The fraction of sp³-hybridized carbons (Fsp3) is 0.360. The summed E-state index contributed by atoms with van der Waals surface area (Å²) in [5.41, 5.74) is 4.17. The van der Waals surface area contributed by atoms with Gasteiger partial charge in [-0.2, -0.15) is 4.31 Å². The topological polar surface area (TPSA) is 70.0 Å². The lowest BCUT2D eigenvalue weighted by molar-refractivity contribution is 0.292. The van der Waals surface area contributed by atoms with E-state index in [0.717, 1.165) is 27.9 Å². The number of benzene rings is 2. The van der Waals surface area contributed by atoms with Crippen molar-refractivity contribution >= 4 is 10.0 Å². The van der Waals surface area contributed by atoms with Gasteiger partial charge in [0.05, 0.1) is 32.3 Å². The minimum atomic E-state index is -3.81. The first kappa shape index (κ1) is 23.2. The highest BCUT2D eigenvalue weighted by Gasteiger charge is 2.39. The summed E-state index contributed by atoms with van der Waals surface area (Å²) in [7, 11) is 0.849. The highest BCUT2D eigenvalue weighted by molar-refractivity contribution is 7.89. The predicted octanol–water partition coefficient (Wildman–Crippen LogP) is 4.23. The Labute approximate surface area is 195 Å². The third-order valence-electron chi connectivity index (χ3n) is 6.17. The number of nitrogens with zero attached hydrogens (tertiary/aromatic N) is 2. The van der Waals surface area contributed by atoms with E-state index in [1.165, 1.54) is 0 Å². The van der Waals surface area contributed by atoms with Gasteiger partial charge in [0.25, 0.3) is 0 Å². The van der Waals surface area contributed by atoms with Gasteiger partial charge in [-0.05, 0) is 61.7 Å². The minimum Gasteiger partial charge on any atom is -0.493 e. The molecule has 176 valence electrons. The van der Waals surface area contributed by atoms with Gasteiger partial charge in [0.2, 0.25) is 15.8 Å². The molecule has 7 nitrogen and oxygen atoms in total. The van der Waals surface area contributed by atoms with E-state index in [2.05, 4.69) is 4.57 Å². The Balaban J connectivity index is 1.94. The quantitative estimate of drug-likeness (QED) is 0.539. The summed E-state index contributed by atoms with van der Waals surface area (Å²) in [6, 6.07) is 10.8. The lowest BCUT2D eigenvalue weighted by Gasteiger charge is -2.37. The summed E-state index contributed by atoms with van der Waals surface area (Å²) < 4.78 is 48.5. The van der Waals surface area contributed by atoms with E-state index in [-0.39, 0.29) is 0 Å². The summed E-state index contributed by atoms with van der Waals surface area (Å²) in [5, 5.41) is 0. The van der Waals surface area contributed by atoms with Crippen molar-refractivity contribution in [2.45, 2.75) is 38.3 Å². The summed E-state index contributed by atoms with van der Waals surface area (Å²) in [6.45, 7) is 6.61. The molecule has 4 rings (SSSR count). The average Bonchev–Trinajstić information content (AvgIpc) is 3.25. The van der Waals surface area contributed by atoms with E-state index in [1.807, 2.05) is 63.4 Å². The van der Waals surface area contributed by atoms with Crippen LogP contribution in [-0.4, -0.2) is 45.2 Å². The monoisotopic (exact) mass is 470 g/mol. The van der Waals surface area contributed by atoms with E-state index in [4.69, 9.17) is 14.2 Å². The van der Waals surface area contributed by atoms with Crippen LogP contribution in [0.5, 0.6) is 17.2 Å². The number of rotatable bonds is 6. The summed E-state index contributed by atoms with van der Waals surface area (Å²) in [5.74, 6) is 1.43. The summed E-state index contributed by atoms with van der Waals surface area (Å²) in [6.07, 6.45) is 1.98. The van der Waals surface area contributed by atoms with Gasteiger partial charge in [-0.15, -0.1) is 0 Å². The van der Waals surface area contributed by atoms with E-state index < -0.39 is 16.1 Å². The van der Waals surface area contributed by atoms with Gasteiger partial charge in [-0.25, -0.2) is 8.42 Å². The highest BCUT2D eigenvalue weighted by atomic mass is 32.2. The standard InChI is InChI=1S/C25H30N2O5S/c1-16-12-17(2)25(18(3)13-16)33(28,29)27-11-10-26-9-7-8-20(26)23(27)19-14-21(30-4)24(32-6)22(15-19)31-5/h7-9,12-15,23H,10-11H2,1-6H3. The molecule has 0 spiro atoms. The second-order valence-electron chi connectivity index (χ2n) is 8.33. The van der Waals surface area contributed by atoms with Crippen LogP contribution in [-0.2, 0) is 16.6 Å². The molecule has 2 heterocycles. The Morgan fingerprint density at radius 3 is 2.03 bits per heavy atom. The minimum absolute atomic E-state index is 0.345. The van der Waals surface area contributed by atoms with Crippen LogP contribution in [0.4, 0.5) is 0 Å². The van der Waals surface area contributed by atoms with Crippen LogP contribution in [0.15, 0.2) is 47.5 Å². The Hall–Kier alpha value is -2.97. The van der Waals surface area contributed by atoms with E-state index in [1.54, 1.807) is 25.6 Å². The first-order valence-corrected chi connectivity index (χ1v) is 12.2. The molecule has 0 amide bonds. The molecule has 2 aromatic carbocycles. The Kier molecular flexibility index (Phi) is 6.16. The van der Waals surface area contributed by atoms with Crippen LogP contribution < -0.4 is 14.2 Å². The van der Waals surface area contributed by atoms with Gasteiger partial charge in [0.15, 0.2) is 11.5 Å². The van der Waals surface area contributed by atoms with Crippen LogP contribution in [0.3, 0.4) is 0 Å². The van der Waals surface area contributed by atoms with Crippen molar-refractivity contribution < 1.29 is 22.6 Å². The first-order valence-electron chi connectivity index (χ1n) is 10.8. The van der Waals surface area contributed by atoms with Gasteiger partial charge in [-0.1, -0.05) is 17.7 Å². The molecule has 8 heteroatoms. The normalized spacial score (nSPS) is 16.4. The Morgan fingerprint density at radius 2 is 1.48 bits per heavy atom. The molecule has 0 saturated carbocycles. The van der Waals surface area contributed by atoms with Crippen LogP contribution in [0.25, 0.3) is 0 Å². The average molecular weight is 471 g/mol. The molecule has 1 aliphatic heterocycles. The van der Waals surface area contributed by atoms with E-state index >= 15 is 0 Å². The number of ether oxygens (including phenoxy) is 3. The Bertz CT molecular complexity index is 1250. The maximum absolute atomic E-state index is 14.1. The van der Waals surface area contributed by atoms with E-state index in [0.29, 0.717) is 35.2 Å². The van der Waals surface area contributed by atoms with Gasteiger partial charge < -0.3 is 18.8 Å². The van der Waals surface area contributed by atoms with Gasteiger partial charge in [0.1, 0.15) is 0 Å². The SMILES string of the molecule is COc1cc(C2c3cccn3CCN2S(=O)(=O)c2c(C)cc(C)cc2C)cc(OC)c1OC. The molecule has 0 aliphatic carbocycles. The number of methoxy groups -OCH3 is 3. The smallest absolute Gasteiger partial charge is 0.244 e. The molecule has 3 aromatic rings. The van der Waals surface area contributed by atoms with Crippen LogP contribution in [0.2, 0.25) is 0 Å². The second-order valence-corrected chi connectivity index (χ2v) is 10.2. The second kappa shape index (κ2) is 8.76. The number of fused-ring (bicyclic) bond motifs is 1. The van der Waals surface area contributed by atoms with Gasteiger partial charge in [-0.3, -0.25) is 0 Å². The van der Waals surface area contributed by atoms with Gasteiger partial charge in [0, 0.05) is 25.0 Å². The van der Waals surface area contributed by atoms with Crippen LogP contribution >= 0.6 is 0 Å². The number of hydrogen-bond acceptors (Lipinski definition) is 5. The number of aryl methyl sites for hydroxylation is 3. The Morgan fingerprint density at radius 1 is 0.879 bits per heavy atom. The molecule has 1 aliphatic rings. The number of aromatic nitrogens is 1. The molecular weight excluding hydrogens is 440 g/mol. The molecule has 0 saturated heterocycles. The number of hydrogen-bond donors (Lipinski definition) is 0. The lowest BCUT2D eigenvalue weighted by Crippen LogP contribution is -2.42. The summed E-state index contributed by atoms with van der Waals surface area (Å²) >= 11 is 0.